The number of fused-ring (bicyclic) bond motifs is 1. The van der Waals surface area contributed by atoms with Crippen molar-refractivity contribution < 1.29 is 14.3 Å². The molecule has 5 rings (SSSR count). The van der Waals surface area contributed by atoms with Crippen molar-refractivity contribution in [1.29, 1.82) is 0 Å². The van der Waals surface area contributed by atoms with E-state index in [2.05, 4.69) is 20.7 Å². The molecule has 0 saturated carbocycles. The lowest BCUT2D eigenvalue weighted by Crippen LogP contribution is -2.31. The Kier molecular flexibility index (Phi) is 7.03. The molecule has 0 bridgehead atoms. The Morgan fingerprint density at radius 1 is 1.08 bits per heavy atom. The third-order valence-corrected chi connectivity index (χ3v) is 6.56. The van der Waals surface area contributed by atoms with Crippen molar-refractivity contribution >= 4 is 40.7 Å². The summed E-state index contributed by atoms with van der Waals surface area (Å²) < 4.78 is 13.3. The van der Waals surface area contributed by atoms with Gasteiger partial charge in [-0.1, -0.05) is 53.5 Å². The number of nitrogens with zero attached hydrogens (tertiary/aromatic N) is 3. The van der Waals surface area contributed by atoms with E-state index in [1.807, 2.05) is 55.5 Å². The minimum absolute atomic E-state index is 0.232. The summed E-state index contributed by atoms with van der Waals surface area (Å²) in [4.78, 5) is 17.8. The summed E-state index contributed by atoms with van der Waals surface area (Å²) in [7, 11) is 1.56. The van der Waals surface area contributed by atoms with E-state index in [-0.39, 0.29) is 12.5 Å². The fourth-order valence-electron chi connectivity index (χ4n) is 4.18. The van der Waals surface area contributed by atoms with Gasteiger partial charge >= 0.3 is 0 Å². The molecule has 0 fully saturated rings. The number of benzene rings is 3. The number of hydrogen-bond donors (Lipinski definition) is 2. The van der Waals surface area contributed by atoms with Crippen LogP contribution in [0.3, 0.4) is 0 Å². The Labute approximate surface area is 223 Å². The Bertz CT molecular complexity index is 1490. The Balaban J connectivity index is 1.47. The molecular weight excluding hydrogens is 513 g/mol. The van der Waals surface area contributed by atoms with E-state index in [1.54, 1.807) is 30.0 Å². The van der Waals surface area contributed by atoms with Crippen LogP contribution in [0.2, 0.25) is 10.0 Å². The molecule has 188 valence electrons. The number of ether oxygens (including phenoxy) is 2. The second-order valence-corrected chi connectivity index (χ2v) is 9.19. The molecule has 3 aromatic carbocycles. The van der Waals surface area contributed by atoms with E-state index in [1.165, 1.54) is 6.33 Å². The predicted molar refractivity (Wildman–Crippen MR) is 143 cm³/mol. The van der Waals surface area contributed by atoms with Gasteiger partial charge in [0.05, 0.1) is 12.7 Å². The molecule has 2 heterocycles. The first kappa shape index (κ1) is 24.7. The van der Waals surface area contributed by atoms with E-state index in [0.717, 1.165) is 11.1 Å². The van der Waals surface area contributed by atoms with E-state index < -0.39 is 6.04 Å². The minimum atomic E-state index is -0.545. The fraction of sp³-hybridized carbons (Fsp3) is 0.148. The topological polar surface area (TPSA) is 90.3 Å². The van der Waals surface area contributed by atoms with Crippen molar-refractivity contribution in [3.8, 4) is 11.5 Å². The Hall–Kier alpha value is -4.01. The number of aromatic nitrogens is 3. The quantitative estimate of drug-likeness (QED) is 0.297. The van der Waals surface area contributed by atoms with Crippen molar-refractivity contribution in [1.82, 2.24) is 14.8 Å². The molecule has 1 aliphatic heterocycles. The molecule has 0 saturated heterocycles. The highest BCUT2D eigenvalue weighted by Gasteiger charge is 2.34. The van der Waals surface area contributed by atoms with Crippen LogP contribution in [-0.4, -0.2) is 27.8 Å². The van der Waals surface area contributed by atoms with Gasteiger partial charge in [0.1, 0.15) is 19.0 Å². The van der Waals surface area contributed by atoms with Gasteiger partial charge in [0.25, 0.3) is 5.91 Å². The minimum Gasteiger partial charge on any atom is -0.493 e. The fourth-order valence-corrected chi connectivity index (χ4v) is 4.64. The number of hydrogen-bond acceptors (Lipinski definition) is 6. The zero-order chi connectivity index (χ0) is 25.9. The van der Waals surface area contributed by atoms with E-state index in [9.17, 15) is 4.79 Å². The number of rotatable bonds is 7. The average Bonchev–Trinajstić information content (AvgIpc) is 3.36. The maximum absolute atomic E-state index is 13.5. The molecule has 1 amide bonds. The van der Waals surface area contributed by atoms with Crippen LogP contribution < -0.4 is 20.1 Å². The van der Waals surface area contributed by atoms with Gasteiger partial charge in [-0.15, -0.1) is 0 Å². The van der Waals surface area contributed by atoms with Crippen LogP contribution in [0.25, 0.3) is 0 Å². The molecule has 10 heteroatoms. The SMILES string of the molecule is COc1cc(C2C(C(=O)Nc3ccccc3)=C(C)Nc3ncnn32)ccc1OCc1ccc(Cl)cc1Cl. The van der Waals surface area contributed by atoms with Gasteiger partial charge in [-0.3, -0.25) is 4.79 Å². The van der Waals surface area contributed by atoms with E-state index in [4.69, 9.17) is 32.7 Å². The number of carbonyl (C=O) groups is 1. The van der Waals surface area contributed by atoms with Crippen molar-refractivity contribution in [3.05, 3.63) is 105 Å². The Morgan fingerprint density at radius 2 is 1.89 bits per heavy atom. The normalized spacial score (nSPS) is 14.5. The molecule has 0 radical (unpaired) electrons. The molecule has 8 nitrogen and oxygen atoms in total. The maximum Gasteiger partial charge on any atom is 0.255 e. The second kappa shape index (κ2) is 10.5. The number of halogens is 2. The van der Waals surface area contributed by atoms with Crippen molar-refractivity contribution in [2.24, 2.45) is 0 Å². The van der Waals surface area contributed by atoms with Gasteiger partial charge in [0, 0.05) is 27.0 Å². The standard InChI is InChI=1S/C27H23Cl2N5O3/c1-16-24(26(35)33-20-6-4-3-5-7-20)25(34-27(32-16)30-15-31-34)17-9-11-22(23(12-17)36-2)37-14-18-8-10-19(28)13-21(18)29/h3-13,15,25H,14H2,1-2H3,(H,33,35)(H,30,31,32). The van der Waals surface area contributed by atoms with Gasteiger partial charge in [-0.2, -0.15) is 10.1 Å². The summed E-state index contributed by atoms with van der Waals surface area (Å²) in [5, 5.41) is 11.6. The van der Waals surface area contributed by atoms with Crippen molar-refractivity contribution in [2.45, 2.75) is 19.6 Å². The lowest BCUT2D eigenvalue weighted by Gasteiger charge is -2.29. The first-order chi connectivity index (χ1) is 17.9. The van der Waals surface area contributed by atoms with Gasteiger partial charge in [-0.25, -0.2) is 4.68 Å². The average molecular weight is 536 g/mol. The molecule has 1 unspecified atom stereocenters. The highest BCUT2D eigenvalue weighted by Crippen LogP contribution is 2.39. The number of carbonyl (C=O) groups excluding carboxylic acids is 1. The number of methoxy groups -OCH3 is 1. The molecule has 4 aromatic rings. The molecule has 1 aliphatic rings. The molecule has 37 heavy (non-hydrogen) atoms. The molecule has 1 atom stereocenters. The predicted octanol–water partition coefficient (Wildman–Crippen LogP) is 6.10. The highest BCUT2D eigenvalue weighted by atomic mass is 35.5. The molecular formula is C27H23Cl2N5O3. The molecule has 2 N–H and O–H groups in total. The molecule has 1 aromatic heterocycles. The number of anilines is 2. The zero-order valence-corrected chi connectivity index (χ0v) is 21.5. The van der Waals surface area contributed by atoms with Gasteiger partial charge in [0.2, 0.25) is 5.95 Å². The number of allylic oxidation sites excluding steroid dienone is 1. The van der Waals surface area contributed by atoms with Crippen LogP contribution in [0.5, 0.6) is 11.5 Å². The zero-order valence-electron chi connectivity index (χ0n) is 20.0. The van der Waals surface area contributed by atoms with Gasteiger partial charge in [0.15, 0.2) is 11.5 Å². The summed E-state index contributed by atoms with van der Waals surface area (Å²) in [5.41, 5.74) is 3.44. The summed E-state index contributed by atoms with van der Waals surface area (Å²) in [6, 6.07) is 19.5. The monoisotopic (exact) mass is 535 g/mol. The maximum atomic E-state index is 13.5. The Morgan fingerprint density at radius 3 is 2.65 bits per heavy atom. The van der Waals surface area contributed by atoms with Gasteiger partial charge < -0.3 is 20.1 Å². The summed E-state index contributed by atoms with van der Waals surface area (Å²) >= 11 is 12.3. The second-order valence-electron chi connectivity index (χ2n) is 8.35. The number of amides is 1. The highest BCUT2D eigenvalue weighted by molar-refractivity contribution is 6.35. The first-order valence-corrected chi connectivity index (χ1v) is 12.2. The molecule has 0 aliphatic carbocycles. The lowest BCUT2D eigenvalue weighted by atomic mass is 9.94. The summed E-state index contributed by atoms with van der Waals surface area (Å²) in [6.45, 7) is 2.08. The third-order valence-electron chi connectivity index (χ3n) is 5.97. The summed E-state index contributed by atoms with van der Waals surface area (Å²) in [6.07, 6.45) is 1.45. The van der Waals surface area contributed by atoms with Crippen molar-refractivity contribution in [3.63, 3.8) is 0 Å². The largest absolute Gasteiger partial charge is 0.493 e. The van der Waals surface area contributed by atoms with Gasteiger partial charge in [-0.05, 0) is 48.9 Å². The van der Waals surface area contributed by atoms with Crippen LogP contribution in [0.15, 0.2) is 84.3 Å². The number of nitrogens with one attached hydrogen (secondary N) is 2. The van der Waals surface area contributed by atoms with Crippen LogP contribution in [0.1, 0.15) is 24.1 Å². The third kappa shape index (κ3) is 5.12. The van der Waals surface area contributed by atoms with Crippen LogP contribution in [-0.2, 0) is 11.4 Å². The lowest BCUT2D eigenvalue weighted by molar-refractivity contribution is -0.113. The smallest absolute Gasteiger partial charge is 0.255 e. The van der Waals surface area contributed by atoms with Crippen LogP contribution in [0, 0.1) is 0 Å². The first-order valence-electron chi connectivity index (χ1n) is 11.4. The van der Waals surface area contributed by atoms with E-state index >= 15 is 0 Å². The number of para-hydroxylation sites is 1. The van der Waals surface area contributed by atoms with Crippen LogP contribution in [0.4, 0.5) is 11.6 Å². The van der Waals surface area contributed by atoms with Crippen LogP contribution >= 0.6 is 23.2 Å². The van der Waals surface area contributed by atoms with E-state index in [0.29, 0.717) is 44.5 Å². The molecule has 0 spiro atoms. The van der Waals surface area contributed by atoms with Crippen molar-refractivity contribution in [2.75, 3.05) is 17.7 Å². The summed E-state index contributed by atoms with van der Waals surface area (Å²) in [5.74, 6) is 1.32.